The normalized spacial score (nSPS) is 18.0. The van der Waals surface area contributed by atoms with Crippen LogP contribution in [0.5, 0.6) is 5.75 Å². The van der Waals surface area contributed by atoms with Gasteiger partial charge in [-0.05, 0) is 69.0 Å². The highest BCUT2D eigenvalue weighted by Crippen LogP contribution is 2.52. The Balaban J connectivity index is 1.34. The zero-order valence-corrected chi connectivity index (χ0v) is 22.4. The Hall–Kier alpha value is -3.45. The van der Waals surface area contributed by atoms with E-state index in [4.69, 9.17) is 9.72 Å². The molecule has 7 heteroatoms. The van der Waals surface area contributed by atoms with Gasteiger partial charge in [-0.2, -0.15) is 0 Å². The number of aromatic amines is 1. The Morgan fingerprint density at radius 2 is 1.89 bits per heavy atom. The molecule has 1 aliphatic carbocycles. The van der Waals surface area contributed by atoms with Crippen molar-refractivity contribution in [3.8, 4) is 16.9 Å². The number of aryl methyl sites for hydroxylation is 2. The molecule has 7 nitrogen and oxygen atoms in total. The summed E-state index contributed by atoms with van der Waals surface area (Å²) < 4.78 is 6.37. The predicted octanol–water partition coefficient (Wildman–Crippen LogP) is 4.48. The number of carbonyl (C=O) groups excluding carboxylic acids is 1. The lowest BCUT2D eigenvalue weighted by Gasteiger charge is -2.28. The summed E-state index contributed by atoms with van der Waals surface area (Å²) in [6.45, 7) is 8.31. The Bertz CT molecular complexity index is 1410. The van der Waals surface area contributed by atoms with Crippen molar-refractivity contribution in [2.75, 3.05) is 37.7 Å². The number of nitrogens with one attached hydrogen (secondary N) is 2. The number of rotatable bonds is 6. The van der Waals surface area contributed by atoms with Crippen LogP contribution in [0.4, 0.5) is 5.82 Å². The number of H-pyrrole nitrogens is 1. The molecule has 0 radical (unpaired) electrons. The standard InChI is InChI=1S/C31H36N4O3/c1-20-15-21(2)34-30(37)24(20)6-7-27(36)23-16-25(29-26(17-23)31(19-38-29)9-3-4-10-31)22-5-8-28(33-18-22)35-13-11-32-12-14-35/h5,8,15-18,32H,3-4,6-7,9-14,19H2,1-2H3,(H,34,37). The number of carbonyl (C=O) groups is 1. The van der Waals surface area contributed by atoms with E-state index in [0.29, 0.717) is 30.6 Å². The van der Waals surface area contributed by atoms with Crippen molar-refractivity contribution in [3.63, 3.8) is 0 Å². The molecule has 2 aliphatic heterocycles. The maximum atomic E-state index is 13.6. The molecule has 2 fully saturated rings. The van der Waals surface area contributed by atoms with E-state index in [9.17, 15) is 9.59 Å². The Morgan fingerprint density at radius 3 is 2.61 bits per heavy atom. The van der Waals surface area contributed by atoms with Gasteiger partial charge in [-0.3, -0.25) is 9.59 Å². The summed E-state index contributed by atoms with van der Waals surface area (Å²) in [5, 5.41) is 3.38. The second-order valence-corrected chi connectivity index (χ2v) is 11.2. The highest BCUT2D eigenvalue weighted by atomic mass is 16.5. The lowest BCUT2D eigenvalue weighted by molar-refractivity contribution is 0.0982. The van der Waals surface area contributed by atoms with Gasteiger partial charge in [0.25, 0.3) is 5.56 Å². The highest BCUT2D eigenvalue weighted by Gasteiger charge is 2.44. The van der Waals surface area contributed by atoms with Gasteiger partial charge in [0.15, 0.2) is 5.78 Å². The number of ether oxygens (including phenoxy) is 1. The van der Waals surface area contributed by atoms with Gasteiger partial charge in [0.05, 0.1) is 6.61 Å². The van der Waals surface area contributed by atoms with E-state index in [1.54, 1.807) is 0 Å². The molecule has 1 saturated heterocycles. The Kier molecular flexibility index (Phi) is 6.56. The van der Waals surface area contributed by atoms with Crippen molar-refractivity contribution in [1.82, 2.24) is 15.3 Å². The van der Waals surface area contributed by atoms with Crippen molar-refractivity contribution in [1.29, 1.82) is 0 Å². The number of hydrogen-bond donors (Lipinski definition) is 2. The van der Waals surface area contributed by atoms with Crippen LogP contribution in [0, 0.1) is 13.8 Å². The molecule has 0 unspecified atom stereocenters. The molecule has 1 spiro atoms. The van der Waals surface area contributed by atoms with Crippen LogP contribution in [-0.4, -0.2) is 48.5 Å². The summed E-state index contributed by atoms with van der Waals surface area (Å²) in [5.74, 6) is 1.94. The average molecular weight is 513 g/mol. The molecule has 1 saturated carbocycles. The average Bonchev–Trinajstić information content (AvgIpc) is 3.55. The van der Waals surface area contributed by atoms with Gasteiger partial charge in [-0.15, -0.1) is 0 Å². The van der Waals surface area contributed by atoms with Crippen LogP contribution >= 0.6 is 0 Å². The predicted molar refractivity (Wildman–Crippen MR) is 150 cm³/mol. The minimum Gasteiger partial charge on any atom is -0.492 e. The van der Waals surface area contributed by atoms with Gasteiger partial charge in [0.2, 0.25) is 0 Å². The number of Topliss-reactive ketones (excluding diaryl/α,β-unsaturated/α-hetero) is 1. The van der Waals surface area contributed by atoms with Crippen LogP contribution < -0.4 is 20.5 Å². The third kappa shape index (κ3) is 4.53. The van der Waals surface area contributed by atoms with E-state index >= 15 is 0 Å². The number of benzene rings is 1. The molecule has 38 heavy (non-hydrogen) atoms. The van der Waals surface area contributed by atoms with Crippen LogP contribution in [0.1, 0.15) is 64.8 Å². The monoisotopic (exact) mass is 512 g/mol. The molecule has 1 aromatic carbocycles. The van der Waals surface area contributed by atoms with E-state index in [2.05, 4.69) is 33.4 Å². The van der Waals surface area contributed by atoms with Crippen LogP contribution in [0.3, 0.4) is 0 Å². The summed E-state index contributed by atoms with van der Waals surface area (Å²) in [6.07, 6.45) is 7.19. The van der Waals surface area contributed by atoms with E-state index in [-0.39, 0.29) is 16.8 Å². The Labute approximate surface area is 223 Å². The molecule has 3 aromatic rings. The van der Waals surface area contributed by atoms with Gasteiger partial charge in [-0.25, -0.2) is 4.98 Å². The van der Waals surface area contributed by atoms with Crippen LogP contribution in [-0.2, 0) is 11.8 Å². The summed E-state index contributed by atoms with van der Waals surface area (Å²) in [4.78, 5) is 36.0. The number of aromatic nitrogens is 2. The summed E-state index contributed by atoms with van der Waals surface area (Å²) in [6, 6.07) is 10.2. The second kappa shape index (κ2) is 10.0. The highest BCUT2D eigenvalue weighted by molar-refractivity contribution is 5.98. The third-order valence-corrected chi connectivity index (χ3v) is 8.63. The first-order valence-corrected chi connectivity index (χ1v) is 13.9. The van der Waals surface area contributed by atoms with Gasteiger partial charge < -0.3 is 19.9 Å². The van der Waals surface area contributed by atoms with Crippen molar-refractivity contribution in [3.05, 3.63) is 74.8 Å². The topological polar surface area (TPSA) is 87.3 Å². The smallest absolute Gasteiger partial charge is 0.251 e. The number of pyridine rings is 2. The first kappa shape index (κ1) is 24.9. The second-order valence-electron chi connectivity index (χ2n) is 11.2. The minimum atomic E-state index is -0.0982. The number of hydrogen-bond acceptors (Lipinski definition) is 6. The van der Waals surface area contributed by atoms with E-state index in [1.165, 1.54) is 18.4 Å². The largest absolute Gasteiger partial charge is 0.492 e. The van der Waals surface area contributed by atoms with E-state index in [0.717, 1.165) is 73.0 Å². The number of nitrogens with zero attached hydrogens (tertiary/aromatic N) is 2. The van der Waals surface area contributed by atoms with E-state index in [1.807, 2.05) is 32.2 Å². The molecular formula is C31H36N4O3. The molecule has 2 aromatic heterocycles. The quantitative estimate of drug-likeness (QED) is 0.474. The molecule has 0 atom stereocenters. The third-order valence-electron chi connectivity index (χ3n) is 8.63. The summed E-state index contributed by atoms with van der Waals surface area (Å²) >= 11 is 0. The molecule has 0 amide bonds. The summed E-state index contributed by atoms with van der Waals surface area (Å²) in [5.41, 5.74) is 6.14. The van der Waals surface area contributed by atoms with Crippen LogP contribution in [0.2, 0.25) is 0 Å². The van der Waals surface area contributed by atoms with Gasteiger partial charge in [0, 0.05) is 77.7 Å². The van der Waals surface area contributed by atoms with Gasteiger partial charge in [-0.1, -0.05) is 12.8 Å². The van der Waals surface area contributed by atoms with Crippen LogP contribution in [0.25, 0.3) is 11.1 Å². The lowest BCUT2D eigenvalue weighted by Crippen LogP contribution is -2.43. The van der Waals surface area contributed by atoms with Crippen molar-refractivity contribution >= 4 is 11.6 Å². The fourth-order valence-electron chi connectivity index (χ4n) is 6.51. The zero-order chi connectivity index (χ0) is 26.3. The number of fused-ring (bicyclic) bond motifs is 2. The molecule has 2 N–H and O–H groups in total. The first-order chi connectivity index (χ1) is 18.4. The fraction of sp³-hybridized carbons (Fsp3) is 0.452. The number of anilines is 1. The molecule has 6 rings (SSSR count). The lowest BCUT2D eigenvalue weighted by atomic mass is 9.79. The fourth-order valence-corrected chi connectivity index (χ4v) is 6.51. The molecular weight excluding hydrogens is 476 g/mol. The minimum absolute atomic E-state index is 0.000757. The first-order valence-electron chi connectivity index (χ1n) is 13.9. The Morgan fingerprint density at radius 1 is 1.11 bits per heavy atom. The maximum Gasteiger partial charge on any atom is 0.251 e. The molecule has 3 aliphatic rings. The van der Waals surface area contributed by atoms with Crippen molar-refractivity contribution in [2.45, 2.75) is 57.8 Å². The van der Waals surface area contributed by atoms with E-state index < -0.39 is 0 Å². The SMILES string of the molecule is Cc1cc(C)c(CCC(=O)c2cc(-c3ccc(N4CCNCC4)nc3)c3c(c2)C2(CCCC2)CO3)c(=O)[nH]1. The molecule has 198 valence electrons. The van der Waals surface area contributed by atoms with Gasteiger partial charge >= 0.3 is 0 Å². The molecule has 0 bridgehead atoms. The maximum absolute atomic E-state index is 13.6. The number of piperazine rings is 1. The van der Waals surface area contributed by atoms with Crippen molar-refractivity contribution in [2.24, 2.45) is 0 Å². The zero-order valence-electron chi connectivity index (χ0n) is 22.4. The number of ketones is 1. The molecule has 4 heterocycles. The van der Waals surface area contributed by atoms with Crippen LogP contribution in [0.15, 0.2) is 41.3 Å². The summed E-state index contributed by atoms with van der Waals surface area (Å²) in [7, 11) is 0. The van der Waals surface area contributed by atoms with Crippen molar-refractivity contribution < 1.29 is 9.53 Å². The van der Waals surface area contributed by atoms with Gasteiger partial charge in [0.1, 0.15) is 11.6 Å².